The summed E-state index contributed by atoms with van der Waals surface area (Å²) in [7, 11) is 0. The van der Waals surface area contributed by atoms with Crippen LogP contribution in [0.4, 0.5) is 10.5 Å². The van der Waals surface area contributed by atoms with Gasteiger partial charge in [-0.1, -0.05) is 34.1 Å². The molecule has 3 aromatic rings. The summed E-state index contributed by atoms with van der Waals surface area (Å²) in [5.41, 5.74) is 1.40. The molecule has 1 aliphatic rings. The van der Waals surface area contributed by atoms with E-state index in [-0.39, 0.29) is 23.6 Å². The third-order valence-electron chi connectivity index (χ3n) is 5.18. The van der Waals surface area contributed by atoms with Gasteiger partial charge in [-0.2, -0.15) is 0 Å². The highest BCUT2D eigenvalue weighted by molar-refractivity contribution is 9.10. The molecule has 0 spiro atoms. The third kappa shape index (κ3) is 5.44. The molecule has 1 saturated heterocycles. The number of imide groups is 2. The Morgan fingerprint density at radius 3 is 2.39 bits per heavy atom. The number of hydrogen-bond acceptors (Lipinski definition) is 6. The van der Waals surface area contributed by atoms with E-state index in [1.165, 1.54) is 30.3 Å². The summed E-state index contributed by atoms with van der Waals surface area (Å²) >= 11 is 7.00. The number of aromatic hydroxyl groups is 1. The molecule has 10 heteroatoms. The van der Waals surface area contributed by atoms with E-state index >= 15 is 0 Å². The van der Waals surface area contributed by atoms with Crippen molar-refractivity contribution in [2.75, 3.05) is 11.5 Å². The van der Waals surface area contributed by atoms with E-state index in [0.717, 1.165) is 14.9 Å². The van der Waals surface area contributed by atoms with Gasteiger partial charge in [-0.05, 0) is 77.0 Å². The first-order valence-electron chi connectivity index (χ1n) is 10.8. The van der Waals surface area contributed by atoms with E-state index in [4.69, 9.17) is 9.47 Å². The van der Waals surface area contributed by atoms with Crippen LogP contribution in [-0.4, -0.2) is 29.6 Å². The van der Waals surface area contributed by atoms with Crippen LogP contribution in [0.5, 0.6) is 17.2 Å². The molecule has 0 saturated carbocycles. The Kier molecular flexibility index (Phi) is 7.76. The minimum Gasteiger partial charge on any atom is -0.508 e. The minimum atomic E-state index is -0.875. The van der Waals surface area contributed by atoms with E-state index in [9.17, 15) is 19.5 Å². The molecule has 0 bridgehead atoms. The van der Waals surface area contributed by atoms with Gasteiger partial charge in [0.2, 0.25) is 0 Å². The van der Waals surface area contributed by atoms with Crippen LogP contribution in [0.2, 0.25) is 0 Å². The summed E-state index contributed by atoms with van der Waals surface area (Å²) < 4.78 is 13.3. The molecular formula is C26H20Br2N2O6. The van der Waals surface area contributed by atoms with Crippen LogP contribution in [0.3, 0.4) is 0 Å². The number of carbonyl (C=O) groups excluding carboxylic acids is 3. The van der Waals surface area contributed by atoms with Gasteiger partial charge in [-0.15, -0.1) is 0 Å². The number of carbonyl (C=O) groups is 3. The number of ether oxygens (including phenoxy) is 2. The van der Waals surface area contributed by atoms with Gasteiger partial charge in [0, 0.05) is 10.0 Å². The predicted molar refractivity (Wildman–Crippen MR) is 141 cm³/mol. The number of nitrogens with zero attached hydrogens (tertiary/aromatic N) is 1. The van der Waals surface area contributed by atoms with Crippen LogP contribution in [0.1, 0.15) is 18.1 Å². The Balaban J connectivity index is 1.66. The Bertz CT molecular complexity index is 1370. The fourth-order valence-corrected chi connectivity index (χ4v) is 4.47. The lowest BCUT2D eigenvalue weighted by molar-refractivity contribution is -0.122. The predicted octanol–water partition coefficient (Wildman–Crippen LogP) is 5.56. The van der Waals surface area contributed by atoms with Gasteiger partial charge < -0.3 is 14.6 Å². The number of benzene rings is 3. The van der Waals surface area contributed by atoms with Crippen molar-refractivity contribution < 1.29 is 29.0 Å². The molecule has 0 radical (unpaired) electrons. The Labute approximate surface area is 223 Å². The normalized spacial score (nSPS) is 14.7. The number of amides is 4. The molecular weight excluding hydrogens is 596 g/mol. The van der Waals surface area contributed by atoms with Gasteiger partial charge in [-0.3, -0.25) is 14.9 Å². The molecule has 1 heterocycles. The van der Waals surface area contributed by atoms with Crippen LogP contribution >= 0.6 is 31.9 Å². The maximum atomic E-state index is 13.1. The first-order chi connectivity index (χ1) is 17.3. The second-order valence-electron chi connectivity index (χ2n) is 7.62. The van der Waals surface area contributed by atoms with Crippen molar-refractivity contribution in [1.82, 2.24) is 5.32 Å². The van der Waals surface area contributed by atoms with Crippen molar-refractivity contribution in [2.45, 2.75) is 13.5 Å². The number of hydrogen-bond donors (Lipinski definition) is 2. The summed E-state index contributed by atoms with van der Waals surface area (Å²) in [6.07, 6.45) is 1.38. The summed E-state index contributed by atoms with van der Waals surface area (Å²) in [6, 6.07) is 15.6. The topological polar surface area (TPSA) is 105 Å². The molecule has 2 N–H and O–H groups in total. The fourth-order valence-electron chi connectivity index (χ4n) is 3.50. The van der Waals surface area contributed by atoms with Crippen molar-refractivity contribution in [2.24, 2.45) is 0 Å². The molecule has 0 aromatic heterocycles. The lowest BCUT2D eigenvalue weighted by atomic mass is 10.1. The van der Waals surface area contributed by atoms with Gasteiger partial charge in [0.1, 0.15) is 17.9 Å². The standard InChI is InChI=1S/C26H20Br2N2O6/c1-2-35-22-13-15(12-21(28)23(22)36-14-16-5-3-4-6-20(16)27)11-19-24(32)29-26(34)30(25(19)33)17-7-9-18(31)10-8-17/h3-13,31H,2,14H2,1H3,(H,29,32,34)/b19-11+. The lowest BCUT2D eigenvalue weighted by Crippen LogP contribution is -2.54. The molecule has 0 aliphatic carbocycles. The van der Waals surface area contributed by atoms with Crippen molar-refractivity contribution in [3.63, 3.8) is 0 Å². The number of urea groups is 1. The molecule has 36 heavy (non-hydrogen) atoms. The molecule has 8 nitrogen and oxygen atoms in total. The molecule has 4 rings (SSSR count). The summed E-state index contributed by atoms with van der Waals surface area (Å²) in [6.45, 7) is 2.47. The zero-order chi connectivity index (χ0) is 25.8. The van der Waals surface area contributed by atoms with E-state index in [2.05, 4.69) is 37.2 Å². The zero-order valence-electron chi connectivity index (χ0n) is 19.0. The second kappa shape index (κ2) is 11.0. The van der Waals surface area contributed by atoms with Crippen LogP contribution in [0.15, 0.2) is 75.2 Å². The number of phenolic OH excluding ortho intramolecular Hbond substituents is 1. The summed E-state index contributed by atoms with van der Waals surface area (Å²) in [5.74, 6) is -0.747. The number of rotatable bonds is 7. The van der Waals surface area contributed by atoms with Crippen LogP contribution in [0.25, 0.3) is 6.08 Å². The minimum absolute atomic E-state index is 0.0225. The quantitative estimate of drug-likeness (QED) is 0.266. The van der Waals surface area contributed by atoms with Gasteiger partial charge in [0.25, 0.3) is 11.8 Å². The Hall–Kier alpha value is -3.63. The van der Waals surface area contributed by atoms with Crippen molar-refractivity contribution in [1.29, 1.82) is 0 Å². The zero-order valence-corrected chi connectivity index (χ0v) is 22.1. The molecule has 1 aliphatic heterocycles. The highest BCUT2D eigenvalue weighted by Crippen LogP contribution is 2.38. The largest absolute Gasteiger partial charge is 0.508 e. The van der Waals surface area contributed by atoms with Crippen molar-refractivity contribution in [3.05, 3.63) is 86.3 Å². The highest BCUT2D eigenvalue weighted by atomic mass is 79.9. The summed E-state index contributed by atoms with van der Waals surface area (Å²) in [4.78, 5) is 38.9. The second-order valence-corrected chi connectivity index (χ2v) is 9.33. The van der Waals surface area contributed by atoms with E-state index in [0.29, 0.717) is 28.1 Å². The average molecular weight is 616 g/mol. The molecule has 0 atom stereocenters. The fraction of sp³-hybridized carbons (Fsp3) is 0.115. The van der Waals surface area contributed by atoms with Crippen LogP contribution in [-0.2, 0) is 16.2 Å². The molecule has 3 aromatic carbocycles. The van der Waals surface area contributed by atoms with Gasteiger partial charge in [0.05, 0.1) is 16.8 Å². The van der Waals surface area contributed by atoms with Crippen LogP contribution in [0, 0.1) is 0 Å². The lowest BCUT2D eigenvalue weighted by Gasteiger charge is -2.26. The number of barbiturate groups is 1. The van der Waals surface area contributed by atoms with Gasteiger partial charge in [-0.25, -0.2) is 9.69 Å². The SMILES string of the molecule is CCOc1cc(/C=C2\C(=O)NC(=O)N(c3ccc(O)cc3)C2=O)cc(Br)c1OCc1ccccc1Br. The first-order valence-corrected chi connectivity index (χ1v) is 12.4. The maximum Gasteiger partial charge on any atom is 0.335 e. The van der Waals surface area contributed by atoms with Crippen molar-refractivity contribution >= 4 is 61.5 Å². The van der Waals surface area contributed by atoms with Gasteiger partial charge >= 0.3 is 6.03 Å². The number of phenols is 1. The van der Waals surface area contributed by atoms with E-state index in [1.54, 1.807) is 12.1 Å². The molecule has 1 fully saturated rings. The monoisotopic (exact) mass is 614 g/mol. The number of anilines is 1. The first kappa shape index (κ1) is 25.5. The van der Waals surface area contributed by atoms with E-state index < -0.39 is 17.8 Å². The average Bonchev–Trinajstić information content (AvgIpc) is 2.83. The molecule has 0 unspecified atom stereocenters. The number of halogens is 2. The van der Waals surface area contributed by atoms with Gasteiger partial charge in [0.15, 0.2) is 11.5 Å². The summed E-state index contributed by atoms with van der Waals surface area (Å²) in [5, 5.41) is 11.7. The third-order valence-corrected chi connectivity index (χ3v) is 6.54. The number of nitrogens with one attached hydrogen (secondary N) is 1. The van der Waals surface area contributed by atoms with E-state index in [1.807, 2.05) is 31.2 Å². The molecule has 184 valence electrons. The van der Waals surface area contributed by atoms with Crippen LogP contribution < -0.4 is 19.7 Å². The maximum absolute atomic E-state index is 13.1. The van der Waals surface area contributed by atoms with Crippen molar-refractivity contribution in [3.8, 4) is 17.2 Å². The smallest absolute Gasteiger partial charge is 0.335 e. The molecule has 4 amide bonds. The Morgan fingerprint density at radius 1 is 0.972 bits per heavy atom. The Morgan fingerprint density at radius 2 is 1.69 bits per heavy atom. The highest BCUT2D eigenvalue weighted by Gasteiger charge is 2.36.